The van der Waals surface area contributed by atoms with Crippen molar-refractivity contribution in [3.05, 3.63) is 41.7 Å². The van der Waals surface area contributed by atoms with Gasteiger partial charge in [0, 0.05) is 24.2 Å². The summed E-state index contributed by atoms with van der Waals surface area (Å²) < 4.78 is 13.4. The van der Waals surface area contributed by atoms with Crippen molar-refractivity contribution in [2.45, 2.75) is 25.3 Å². The van der Waals surface area contributed by atoms with E-state index in [1.807, 2.05) is 0 Å². The molecule has 1 N–H and O–H groups in total. The Morgan fingerprint density at radius 3 is 2.65 bits per heavy atom. The van der Waals surface area contributed by atoms with Gasteiger partial charge in [-0.15, -0.1) is 0 Å². The minimum Gasteiger partial charge on any atom is -0.481 e. The minimum atomic E-state index is -0.929. The average molecular weight is 277 g/mol. The van der Waals surface area contributed by atoms with Gasteiger partial charge in [0.25, 0.3) is 0 Å². The van der Waals surface area contributed by atoms with Gasteiger partial charge in [-0.3, -0.25) is 9.59 Å². The van der Waals surface area contributed by atoms with Crippen LogP contribution in [0, 0.1) is 5.82 Å². The van der Waals surface area contributed by atoms with Crippen LogP contribution in [-0.4, -0.2) is 34.5 Å². The summed E-state index contributed by atoms with van der Waals surface area (Å²) in [6.45, 7) is 0.195. The lowest BCUT2D eigenvalue weighted by atomic mass is 10.2. The van der Waals surface area contributed by atoms with Gasteiger partial charge in [0.1, 0.15) is 5.82 Å². The summed E-state index contributed by atoms with van der Waals surface area (Å²) >= 11 is 0. The normalized spacial score (nSPS) is 14.4. The van der Waals surface area contributed by atoms with E-state index in [0.29, 0.717) is 5.56 Å². The number of carboxylic acids is 1. The van der Waals surface area contributed by atoms with Gasteiger partial charge in [-0.25, -0.2) is 4.39 Å². The summed E-state index contributed by atoms with van der Waals surface area (Å²) in [6, 6.07) is 6.31. The predicted octanol–water partition coefficient (Wildman–Crippen LogP) is 2.30. The van der Waals surface area contributed by atoms with E-state index in [1.54, 1.807) is 23.1 Å². The van der Waals surface area contributed by atoms with Gasteiger partial charge in [0.2, 0.25) is 5.91 Å². The molecule has 0 radical (unpaired) electrons. The third-order valence-electron chi connectivity index (χ3n) is 3.15. The molecule has 0 aromatic heterocycles. The van der Waals surface area contributed by atoms with E-state index in [1.165, 1.54) is 18.2 Å². The first-order valence-corrected chi connectivity index (χ1v) is 6.53. The molecule has 1 amide bonds. The number of amides is 1. The quantitative estimate of drug-likeness (QED) is 0.812. The molecule has 0 saturated heterocycles. The molecule has 1 aliphatic rings. The number of rotatable bonds is 6. The Balaban J connectivity index is 2.01. The van der Waals surface area contributed by atoms with Gasteiger partial charge in [0.15, 0.2) is 0 Å². The fraction of sp³-hybridized carbons (Fsp3) is 0.333. The molecule has 1 aromatic rings. The van der Waals surface area contributed by atoms with E-state index in [2.05, 4.69) is 0 Å². The highest BCUT2D eigenvalue weighted by molar-refractivity contribution is 5.92. The third-order valence-corrected chi connectivity index (χ3v) is 3.15. The molecule has 4 nitrogen and oxygen atoms in total. The summed E-state index contributed by atoms with van der Waals surface area (Å²) in [5, 5.41) is 8.69. The second-order valence-corrected chi connectivity index (χ2v) is 4.76. The Morgan fingerprint density at radius 1 is 1.35 bits per heavy atom. The first-order valence-electron chi connectivity index (χ1n) is 6.53. The van der Waals surface area contributed by atoms with Crippen LogP contribution >= 0.6 is 0 Å². The lowest BCUT2D eigenvalue weighted by Gasteiger charge is -2.19. The van der Waals surface area contributed by atoms with Gasteiger partial charge < -0.3 is 10.0 Å². The maximum atomic E-state index is 13.4. The van der Waals surface area contributed by atoms with Crippen molar-refractivity contribution in [2.24, 2.45) is 0 Å². The van der Waals surface area contributed by atoms with Gasteiger partial charge >= 0.3 is 5.97 Å². The molecule has 20 heavy (non-hydrogen) atoms. The molecule has 1 saturated carbocycles. The molecule has 1 aliphatic carbocycles. The first kappa shape index (κ1) is 14.2. The summed E-state index contributed by atoms with van der Waals surface area (Å²) in [4.78, 5) is 24.2. The Labute approximate surface area is 116 Å². The fourth-order valence-electron chi connectivity index (χ4n) is 1.94. The van der Waals surface area contributed by atoms with E-state index in [9.17, 15) is 14.0 Å². The monoisotopic (exact) mass is 277 g/mol. The maximum Gasteiger partial charge on any atom is 0.305 e. The van der Waals surface area contributed by atoms with E-state index >= 15 is 0 Å². The Morgan fingerprint density at radius 2 is 2.05 bits per heavy atom. The molecule has 1 fully saturated rings. The number of hydrogen-bond acceptors (Lipinski definition) is 2. The molecule has 0 atom stereocenters. The van der Waals surface area contributed by atoms with Crippen LogP contribution in [0.15, 0.2) is 30.3 Å². The van der Waals surface area contributed by atoms with Crippen LogP contribution < -0.4 is 0 Å². The SMILES string of the molecule is O=C(O)CCN(C(=O)/C=C/c1ccccc1F)C1CC1. The van der Waals surface area contributed by atoms with Crippen molar-refractivity contribution in [1.82, 2.24) is 4.90 Å². The van der Waals surface area contributed by atoms with Crippen molar-refractivity contribution < 1.29 is 19.1 Å². The van der Waals surface area contributed by atoms with Crippen LogP contribution in [-0.2, 0) is 9.59 Å². The highest BCUT2D eigenvalue weighted by atomic mass is 19.1. The summed E-state index contributed by atoms with van der Waals surface area (Å²) in [7, 11) is 0. The van der Waals surface area contributed by atoms with Gasteiger partial charge in [-0.05, 0) is 25.0 Å². The van der Waals surface area contributed by atoms with E-state index in [4.69, 9.17) is 5.11 Å². The van der Waals surface area contributed by atoms with Crippen LogP contribution in [0.25, 0.3) is 6.08 Å². The van der Waals surface area contributed by atoms with E-state index in [0.717, 1.165) is 12.8 Å². The van der Waals surface area contributed by atoms with E-state index < -0.39 is 5.97 Å². The van der Waals surface area contributed by atoms with Crippen LogP contribution in [0.4, 0.5) is 4.39 Å². The molecule has 0 spiro atoms. The van der Waals surface area contributed by atoms with Crippen LogP contribution in [0.2, 0.25) is 0 Å². The van der Waals surface area contributed by atoms with Crippen molar-refractivity contribution in [3.63, 3.8) is 0 Å². The lowest BCUT2D eigenvalue weighted by molar-refractivity contribution is -0.138. The van der Waals surface area contributed by atoms with Crippen LogP contribution in [0.5, 0.6) is 0 Å². The standard InChI is InChI=1S/C15H16FNO3/c16-13-4-2-1-3-11(13)5-8-14(18)17(12-6-7-12)10-9-15(19)20/h1-5,8,12H,6-7,9-10H2,(H,19,20)/b8-5+. The molecular formula is C15H16FNO3. The molecule has 2 rings (SSSR count). The molecule has 0 bridgehead atoms. The Bertz CT molecular complexity index is 538. The van der Waals surface area contributed by atoms with E-state index in [-0.39, 0.29) is 30.7 Å². The smallest absolute Gasteiger partial charge is 0.305 e. The van der Waals surface area contributed by atoms with Gasteiger partial charge in [-0.2, -0.15) is 0 Å². The van der Waals surface area contributed by atoms with Gasteiger partial charge in [-0.1, -0.05) is 18.2 Å². The molecule has 0 unspecified atom stereocenters. The Kier molecular flexibility index (Phi) is 4.50. The van der Waals surface area contributed by atoms with Crippen molar-refractivity contribution in [1.29, 1.82) is 0 Å². The number of benzene rings is 1. The third kappa shape index (κ3) is 3.91. The number of hydrogen-bond donors (Lipinski definition) is 1. The number of aliphatic carboxylic acids is 1. The van der Waals surface area contributed by atoms with Crippen molar-refractivity contribution >= 4 is 18.0 Å². The second-order valence-electron chi connectivity index (χ2n) is 4.76. The number of carbonyl (C=O) groups is 2. The second kappa shape index (κ2) is 6.32. The van der Waals surface area contributed by atoms with Crippen molar-refractivity contribution in [2.75, 3.05) is 6.54 Å². The summed E-state index contributed by atoms with van der Waals surface area (Å²) in [5.41, 5.74) is 0.342. The number of halogens is 1. The summed E-state index contributed by atoms with van der Waals surface area (Å²) in [5.74, 6) is -1.58. The summed E-state index contributed by atoms with van der Waals surface area (Å²) in [6.07, 6.45) is 4.46. The Hall–Kier alpha value is -2.17. The highest BCUT2D eigenvalue weighted by Crippen LogP contribution is 2.27. The maximum absolute atomic E-state index is 13.4. The first-order chi connectivity index (χ1) is 9.58. The molecular weight excluding hydrogens is 261 g/mol. The van der Waals surface area contributed by atoms with Crippen molar-refractivity contribution in [3.8, 4) is 0 Å². The lowest BCUT2D eigenvalue weighted by Crippen LogP contribution is -2.33. The van der Waals surface area contributed by atoms with Crippen LogP contribution in [0.1, 0.15) is 24.8 Å². The number of carbonyl (C=O) groups excluding carboxylic acids is 1. The largest absolute Gasteiger partial charge is 0.481 e. The number of carboxylic acid groups (broad SMARTS) is 1. The molecule has 0 heterocycles. The van der Waals surface area contributed by atoms with Gasteiger partial charge in [0.05, 0.1) is 6.42 Å². The molecule has 0 aliphatic heterocycles. The zero-order chi connectivity index (χ0) is 14.5. The molecule has 106 valence electrons. The highest BCUT2D eigenvalue weighted by Gasteiger charge is 2.31. The minimum absolute atomic E-state index is 0.0736. The average Bonchev–Trinajstić information content (AvgIpc) is 3.22. The molecule has 1 aromatic carbocycles. The topological polar surface area (TPSA) is 57.6 Å². The predicted molar refractivity (Wildman–Crippen MR) is 72.4 cm³/mol. The van der Waals surface area contributed by atoms with Crippen LogP contribution in [0.3, 0.4) is 0 Å². The number of nitrogens with zero attached hydrogens (tertiary/aromatic N) is 1. The molecule has 5 heteroatoms. The zero-order valence-corrected chi connectivity index (χ0v) is 11.0. The fourth-order valence-corrected chi connectivity index (χ4v) is 1.94. The zero-order valence-electron chi connectivity index (χ0n) is 11.0.